The quantitative estimate of drug-likeness (QED) is 0.635. The number of ether oxygens (including phenoxy) is 1. The van der Waals surface area contributed by atoms with Crippen LogP contribution in [0.3, 0.4) is 0 Å². The van der Waals surface area contributed by atoms with E-state index in [0.29, 0.717) is 19.2 Å². The van der Waals surface area contributed by atoms with Gasteiger partial charge in [-0.3, -0.25) is 4.79 Å². The van der Waals surface area contributed by atoms with Crippen LogP contribution in [0.4, 0.5) is 0 Å². The third-order valence-electron chi connectivity index (χ3n) is 2.64. The maximum atomic E-state index is 11.6. The molecule has 4 heteroatoms. The van der Waals surface area contributed by atoms with Crippen molar-refractivity contribution in [1.82, 2.24) is 10.6 Å². The van der Waals surface area contributed by atoms with E-state index < -0.39 is 0 Å². The van der Waals surface area contributed by atoms with Gasteiger partial charge in [0.05, 0.1) is 12.5 Å². The van der Waals surface area contributed by atoms with Crippen LogP contribution in [-0.4, -0.2) is 38.8 Å². The van der Waals surface area contributed by atoms with E-state index in [1.807, 2.05) is 0 Å². The van der Waals surface area contributed by atoms with E-state index in [1.165, 1.54) is 0 Å². The van der Waals surface area contributed by atoms with Gasteiger partial charge >= 0.3 is 0 Å². The minimum atomic E-state index is 0.142. The van der Waals surface area contributed by atoms with Gasteiger partial charge in [-0.25, -0.2) is 0 Å². The van der Waals surface area contributed by atoms with Gasteiger partial charge in [0.15, 0.2) is 0 Å². The van der Waals surface area contributed by atoms with Gasteiger partial charge in [-0.2, -0.15) is 0 Å². The summed E-state index contributed by atoms with van der Waals surface area (Å²) in [5.41, 5.74) is 0. The van der Waals surface area contributed by atoms with Crippen LogP contribution >= 0.6 is 0 Å². The normalized spacial score (nSPS) is 27.3. The molecule has 1 amide bonds. The predicted octanol–water partition coefficient (Wildman–Crippen LogP) is 0.137. The first kappa shape index (κ1) is 11.5. The highest BCUT2D eigenvalue weighted by atomic mass is 16.5. The highest BCUT2D eigenvalue weighted by Crippen LogP contribution is 2.13. The molecule has 1 fully saturated rings. The number of amides is 1. The SMILES string of the molecule is COCCNC(=O)[C@H]1CC[C@@H](C)NC1. The Bertz CT molecular complexity index is 177. The summed E-state index contributed by atoms with van der Waals surface area (Å²) in [6, 6.07) is 0.554. The van der Waals surface area contributed by atoms with E-state index >= 15 is 0 Å². The van der Waals surface area contributed by atoms with E-state index in [2.05, 4.69) is 17.6 Å². The maximum absolute atomic E-state index is 11.6. The highest BCUT2D eigenvalue weighted by Gasteiger charge is 2.23. The van der Waals surface area contributed by atoms with Crippen molar-refractivity contribution in [2.75, 3.05) is 26.8 Å². The standard InChI is InChI=1S/C10H20N2O2/c1-8-3-4-9(7-12-8)10(13)11-5-6-14-2/h8-9,12H,3-7H2,1-2H3,(H,11,13)/t8-,9+/m1/s1. The van der Waals surface area contributed by atoms with Crippen LogP contribution in [0.5, 0.6) is 0 Å². The summed E-state index contributed by atoms with van der Waals surface area (Å²) in [5, 5.41) is 6.18. The zero-order valence-corrected chi connectivity index (χ0v) is 9.01. The zero-order valence-electron chi connectivity index (χ0n) is 9.01. The first-order chi connectivity index (χ1) is 6.74. The van der Waals surface area contributed by atoms with E-state index in [0.717, 1.165) is 19.4 Å². The Balaban J connectivity index is 2.17. The molecule has 82 valence electrons. The van der Waals surface area contributed by atoms with Gasteiger partial charge in [0.1, 0.15) is 0 Å². The lowest BCUT2D eigenvalue weighted by Gasteiger charge is -2.26. The molecule has 4 nitrogen and oxygen atoms in total. The van der Waals surface area contributed by atoms with Crippen molar-refractivity contribution >= 4 is 5.91 Å². The number of methoxy groups -OCH3 is 1. The number of carbonyl (C=O) groups is 1. The molecule has 2 atom stereocenters. The van der Waals surface area contributed by atoms with E-state index in [1.54, 1.807) is 7.11 Å². The van der Waals surface area contributed by atoms with Crippen molar-refractivity contribution in [3.63, 3.8) is 0 Å². The molecule has 0 spiro atoms. The molecule has 1 aliphatic heterocycles. The van der Waals surface area contributed by atoms with Crippen molar-refractivity contribution in [1.29, 1.82) is 0 Å². The molecule has 14 heavy (non-hydrogen) atoms. The van der Waals surface area contributed by atoms with Crippen LogP contribution < -0.4 is 10.6 Å². The largest absolute Gasteiger partial charge is 0.383 e. The maximum Gasteiger partial charge on any atom is 0.224 e. The van der Waals surface area contributed by atoms with Crippen LogP contribution in [0.2, 0.25) is 0 Å². The molecule has 0 saturated carbocycles. The molecular formula is C10H20N2O2. The predicted molar refractivity (Wildman–Crippen MR) is 55.1 cm³/mol. The Morgan fingerprint density at radius 1 is 1.57 bits per heavy atom. The number of hydrogen-bond donors (Lipinski definition) is 2. The summed E-state index contributed by atoms with van der Waals surface area (Å²) in [6.07, 6.45) is 2.08. The molecule has 0 aliphatic carbocycles. The summed E-state index contributed by atoms with van der Waals surface area (Å²) < 4.78 is 4.87. The van der Waals surface area contributed by atoms with Crippen LogP contribution in [0.25, 0.3) is 0 Å². The summed E-state index contributed by atoms with van der Waals surface area (Å²) in [7, 11) is 1.63. The van der Waals surface area contributed by atoms with Gasteiger partial charge in [0.2, 0.25) is 5.91 Å². The van der Waals surface area contributed by atoms with Gasteiger partial charge in [-0.1, -0.05) is 0 Å². The summed E-state index contributed by atoms with van der Waals surface area (Å²) >= 11 is 0. The van der Waals surface area contributed by atoms with Crippen LogP contribution in [0.15, 0.2) is 0 Å². The van der Waals surface area contributed by atoms with Gasteiger partial charge in [0, 0.05) is 26.2 Å². The average molecular weight is 200 g/mol. The fraction of sp³-hybridized carbons (Fsp3) is 0.900. The monoisotopic (exact) mass is 200 g/mol. The zero-order chi connectivity index (χ0) is 10.4. The topological polar surface area (TPSA) is 50.4 Å². The van der Waals surface area contributed by atoms with Crippen LogP contribution in [0.1, 0.15) is 19.8 Å². The Labute approximate surface area is 85.4 Å². The second-order valence-electron chi connectivity index (χ2n) is 3.87. The fourth-order valence-corrected chi connectivity index (χ4v) is 1.64. The lowest BCUT2D eigenvalue weighted by atomic mass is 9.95. The first-order valence-electron chi connectivity index (χ1n) is 5.24. The molecular weight excluding hydrogens is 180 g/mol. The number of rotatable bonds is 4. The molecule has 2 N–H and O–H groups in total. The fourth-order valence-electron chi connectivity index (χ4n) is 1.64. The minimum Gasteiger partial charge on any atom is -0.383 e. The smallest absolute Gasteiger partial charge is 0.224 e. The molecule has 1 saturated heterocycles. The van der Waals surface area contributed by atoms with Crippen molar-refractivity contribution in [3.05, 3.63) is 0 Å². The Morgan fingerprint density at radius 3 is 2.93 bits per heavy atom. The number of piperidine rings is 1. The average Bonchev–Trinajstić information content (AvgIpc) is 2.19. The Morgan fingerprint density at radius 2 is 2.36 bits per heavy atom. The first-order valence-corrected chi connectivity index (χ1v) is 5.24. The van der Waals surface area contributed by atoms with Crippen molar-refractivity contribution in [2.24, 2.45) is 5.92 Å². The molecule has 0 radical (unpaired) electrons. The summed E-state index contributed by atoms with van der Waals surface area (Å²) in [6.45, 7) is 4.16. The molecule has 1 heterocycles. The second kappa shape index (κ2) is 5.98. The lowest BCUT2D eigenvalue weighted by molar-refractivity contribution is -0.125. The Hall–Kier alpha value is -0.610. The molecule has 0 unspecified atom stereocenters. The molecule has 1 aliphatic rings. The summed E-state index contributed by atoms with van der Waals surface area (Å²) in [4.78, 5) is 11.6. The van der Waals surface area contributed by atoms with Gasteiger partial charge in [-0.15, -0.1) is 0 Å². The van der Waals surface area contributed by atoms with Crippen LogP contribution in [-0.2, 0) is 9.53 Å². The van der Waals surface area contributed by atoms with E-state index in [-0.39, 0.29) is 11.8 Å². The third kappa shape index (κ3) is 3.64. The highest BCUT2D eigenvalue weighted by molar-refractivity contribution is 5.78. The van der Waals surface area contributed by atoms with Gasteiger partial charge in [0.25, 0.3) is 0 Å². The molecule has 0 aromatic heterocycles. The second-order valence-corrected chi connectivity index (χ2v) is 3.87. The molecule has 1 rings (SSSR count). The van der Waals surface area contributed by atoms with E-state index in [4.69, 9.17) is 4.74 Å². The van der Waals surface area contributed by atoms with Crippen LogP contribution in [0, 0.1) is 5.92 Å². The Kier molecular flexibility index (Phi) is 4.90. The number of carbonyl (C=O) groups excluding carboxylic acids is 1. The van der Waals surface area contributed by atoms with Gasteiger partial charge < -0.3 is 15.4 Å². The third-order valence-corrected chi connectivity index (χ3v) is 2.64. The lowest BCUT2D eigenvalue weighted by Crippen LogP contribution is -2.44. The number of nitrogens with one attached hydrogen (secondary N) is 2. The molecule has 0 bridgehead atoms. The molecule has 0 aromatic carbocycles. The molecule has 0 aromatic rings. The van der Waals surface area contributed by atoms with E-state index in [9.17, 15) is 4.79 Å². The summed E-state index contributed by atoms with van der Waals surface area (Å²) in [5.74, 6) is 0.296. The van der Waals surface area contributed by atoms with Gasteiger partial charge in [-0.05, 0) is 19.8 Å². The minimum absolute atomic E-state index is 0.142. The number of hydrogen-bond acceptors (Lipinski definition) is 3. The van der Waals surface area contributed by atoms with Crippen molar-refractivity contribution < 1.29 is 9.53 Å². The van der Waals surface area contributed by atoms with Crippen molar-refractivity contribution in [2.45, 2.75) is 25.8 Å². The van der Waals surface area contributed by atoms with Crippen molar-refractivity contribution in [3.8, 4) is 0 Å².